The second-order valence-electron chi connectivity index (χ2n) is 18.9. The van der Waals surface area contributed by atoms with Gasteiger partial charge >= 0.3 is 0 Å². The van der Waals surface area contributed by atoms with Crippen molar-refractivity contribution >= 4 is 0 Å². The van der Waals surface area contributed by atoms with E-state index in [0.717, 1.165) is 0 Å². The largest absolute Gasteiger partial charge is 0.356 e. The number of hydrogen-bond acceptors (Lipinski definition) is 2. The molecule has 0 spiro atoms. The Labute approximate surface area is 356 Å². The lowest BCUT2D eigenvalue weighted by atomic mass is 10.0. The van der Waals surface area contributed by atoms with Crippen molar-refractivity contribution in [3.05, 3.63) is 12.4 Å². The molecule has 0 aromatic rings. The van der Waals surface area contributed by atoms with Crippen molar-refractivity contribution in [3.8, 4) is 0 Å². The van der Waals surface area contributed by atoms with Crippen LogP contribution < -0.4 is 0 Å². The van der Waals surface area contributed by atoms with Gasteiger partial charge in [0.15, 0.2) is 0 Å². The van der Waals surface area contributed by atoms with Crippen molar-refractivity contribution in [1.29, 1.82) is 0 Å². The van der Waals surface area contributed by atoms with Gasteiger partial charge in [0.1, 0.15) is 6.17 Å². The molecule has 1 aliphatic heterocycles. The van der Waals surface area contributed by atoms with E-state index in [2.05, 4.69) is 43.0 Å². The van der Waals surface area contributed by atoms with E-state index < -0.39 is 0 Å². The summed E-state index contributed by atoms with van der Waals surface area (Å²) in [4.78, 5) is 5.49. The molecule has 0 bridgehead atoms. The Hall–Kier alpha value is -0.660. The molecule has 56 heavy (non-hydrogen) atoms. The number of nitrogens with zero attached hydrogens (tertiary/aromatic N) is 2. The predicted octanol–water partition coefficient (Wildman–Crippen LogP) is 19.4. The maximum Gasteiger partial charge on any atom is 0.101 e. The van der Waals surface area contributed by atoms with E-state index in [1.807, 2.05) is 0 Å². The third kappa shape index (κ3) is 36.4. The summed E-state index contributed by atoms with van der Waals surface area (Å²) in [5.74, 6) is 0. The van der Waals surface area contributed by atoms with E-state index in [0.29, 0.717) is 6.17 Å². The standard InChI is InChI=1S/C54H108N2/c1-4-7-10-13-16-19-22-24-26-28-30-32-35-38-41-44-47-50-55-52-53-56(54(55)49-46-43-40-37-34-21-18-15-12-9-6-3)51-48-45-42-39-36-33-31-29-27-25-23-20-17-14-11-8-5-2/h52-54H,4-51H2,1-3H3. The van der Waals surface area contributed by atoms with Gasteiger partial charge in [0.2, 0.25) is 0 Å². The van der Waals surface area contributed by atoms with Gasteiger partial charge in [0.05, 0.1) is 0 Å². The minimum absolute atomic E-state index is 0.635. The molecule has 0 aromatic heterocycles. The lowest BCUT2D eigenvalue weighted by Gasteiger charge is -2.33. The molecular weight excluding hydrogens is 677 g/mol. The lowest BCUT2D eigenvalue weighted by Crippen LogP contribution is -2.39. The number of rotatable bonds is 48. The molecule has 0 aliphatic carbocycles. The summed E-state index contributed by atoms with van der Waals surface area (Å²) in [5, 5.41) is 0. The summed E-state index contributed by atoms with van der Waals surface area (Å²) in [6, 6.07) is 0. The quantitative estimate of drug-likeness (QED) is 0.0567. The highest BCUT2D eigenvalue weighted by molar-refractivity contribution is 4.97. The predicted molar refractivity (Wildman–Crippen MR) is 256 cm³/mol. The van der Waals surface area contributed by atoms with Crippen LogP contribution >= 0.6 is 0 Å². The highest BCUT2D eigenvalue weighted by atomic mass is 15.4. The molecule has 0 saturated carbocycles. The van der Waals surface area contributed by atoms with Crippen LogP contribution in [0.4, 0.5) is 0 Å². The first kappa shape index (κ1) is 53.4. The molecule has 1 heterocycles. The Morgan fingerprint density at radius 2 is 0.411 bits per heavy atom. The molecule has 0 radical (unpaired) electrons. The van der Waals surface area contributed by atoms with E-state index in [1.54, 1.807) is 0 Å². The van der Waals surface area contributed by atoms with Gasteiger partial charge in [-0.3, -0.25) is 0 Å². The van der Waals surface area contributed by atoms with Gasteiger partial charge in [-0.15, -0.1) is 0 Å². The van der Waals surface area contributed by atoms with Crippen LogP contribution in [-0.4, -0.2) is 29.1 Å². The zero-order valence-corrected chi connectivity index (χ0v) is 39.6. The molecule has 2 nitrogen and oxygen atoms in total. The molecule has 0 amide bonds. The van der Waals surface area contributed by atoms with Crippen LogP contribution in [-0.2, 0) is 0 Å². The normalized spacial score (nSPS) is 13.3. The van der Waals surface area contributed by atoms with Crippen LogP contribution in [0.3, 0.4) is 0 Å². The Morgan fingerprint density at radius 3 is 0.625 bits per heavy atom. The smallest absolute Gasteiger partial charge is 0.101 e. The molecule has 0 aromatic carbocycles. The van der Waals surface area contributed by atoms with E-state index >= 15 is 0 Å². The molecule has 0 saturated heterocycles. The van der Waals surface area contributed by atoms with Crippen molar-refractivity contribution in [2.45, 2.75) is 322 Å². The molecule has 0 fully saturated rings. The van der Waals surface area contributed by atoms with Crippen LogP contribution in [0, 0.1) is 0 Å². The maximum absolute atomic E-state index is 2.75. The highest BCUT2D eigenvalue weighted by Crippen LogP contribution is 2.24. The third-order valence-corrected chi connectivity index (χ3v) is 13.3. The van der Waals surface area contributed by atoms with Crippen molar-refractivity contribution in [3.63, 3.8) is 0 Å². The van der Waals surface area contributed by atoms with Gasteiger partial charge in [-0.2, -0.15) is 0 Å². The number of unbranched alkanes of at least 4 members (excludes halogenated alkanes) is 42. The molecular formula is C54H108N2. The lowest BCUT2D eigenvalue weighted by molar-refractivity contribution is 0.135. The first-order valence-corrected chi connectivity index (χ1v) is 27.0. The van der Waals surface area contributed by atoms with E-state index in [-0.39, 0.29) is 0 Å². The molecule has 2 heteroatoms. The van der Waals surface area contributed by atoms with Gasteiger partial charge in [-0.25, -0.2) is 0 Å². The fraction of sp³-hybridized carbons (Fsp3) is 0.963. The van der Waals surface area contributed by atoms with Gasteiger partial charge < -0.3 is 9.80 Å². The van der Waals surface area contributed by atoms with E-state index in [4.69, 9.17) is 0 Å². The maximum atomic E-state index is 2.75. The Morgan fingerprint density at radius 1 is 0.232 bits per heavy atom. The van der Waals surface area contributed by atoms with Crippen LogP contribution in [0.2, 0.25) is 0 Å². The van der Waals surface area contributed by atoms with E-state index in [9.17, 15) is 0 Å². The van der Waals surface area contributed by atoms with Crippen molar-refractivity contribution in [2.75, 3.05) is 13.1 Å². The molecule has 1 rings (SSSR count). The summed E-state index contributed by atoms with van der Waals surface area (Å²) >= 11 is 0. The van der Waals surface area contributed by atoms with Crippen molar-refractivity contribution in [1.82, 2.24) is 9.80 Å². The molecule has 334 valence electrons. The molecule has 0 unspecified atom stereocenters. The minimum Gasteiger partial charge on any atom is -0.356 e. The second-order valence-corrected chi connectivity index (χ2v) is 18.9. The Balaban J connectivity index is 2.16. The molecule has 0 N–H and O–H groups in total. The van der Waals surface area contributed by atoms with Crippen molar-refractivity contribution in [2.24, 2.45) is 0 Å². The summed E-state index contributed by atoms with van der Waals surface area (Å²) in [6.07, 6.45) is 72.3. The van der Waals surface area contributed by atoms with E-state index in [1.165, 1.54) is 308 Å². The van der Waals surface area contributed by atoms with Gasteiger partial charge in [0.25, 0.3) is 0 Å². The zero-order valence-electron chi connectivity index (χ0n) is 39.6. The first-order valence-electron chi connectivity index (χ1n) is 27.0. The topological polar surface area (TPSA) is 6.48 Å². The zero-order chi connectivity index (χ0) is 40.1. The van der Waals surface area contributed by atoms with Crippen LogP contribution in [0.5, 0.6) is 0 Å². The molecule has 1 aliphatic rings. The van der Waals surface area contributed by atoms with Gasteiger partial charge in [-0.05, 0) is 25.7 Å². The average molecular weight is 785 g/mol. The third-order valence-electron chi connectivity index (χ3n) is 13.3. The minimum atomic E-state index is 0.635. The SMILES string of the molecule is CCCCCCCCCCCCCCCCCCCN1C=CN(CCCCCCCCCCCCCCCCCCC)C1CCCCCCCCCCCCC. The Kier molecular flexibility index (Phi) is 43.3. The van der Waals surface area contributed by atoms with Crippen molar-refractivity contribution < 1.29 is 0 Å². The summed E-state index contributed by atoms with van der Waals surface area (Å²) in [5.41, 5.74) is 0. The fourth-order valence-corrected chi connectivity index (χ4v) is 9.37. The Bertz CT molecular complexity index is 699. The average Bonchev–Trinajstić information content (AvgIpc) is 3.59. The fourth-order valence-electron chi connectivity index (χ4n) is 9.37. The highest BCUT2D eigenvalue weighted by Gasteiger charge is 2.25. The first-order chi connectivity index (χ1) is 27.8. The monoisotopic (exact) mass is 785 g/mol. The summed E-state index contributed by atoms with van der Waals surface area (Å²) < 4.78 is 0. The van der Waals surface area contributed by atoms with Crippen LogP contribution in [0.25, 0.3) is 0 Å². The van der Waals surface area contributed by atoms with Gasteiger partial charge in [0, 0.05) is 25.5 Å². The van der Waals surface area contributed by atoms with Crippen LogP contribution in [0.1, 0.15) is 316 Å². The second kappa shape index (κ2) is 45.4. The van der Waals surface area contributed by atoms with Crippen LogP contribution in [0.15, 0.2) is 12.4 Å². The van der Waals surface area contributed by atoms with Gasteiger partial charge in [-0.1, -0.05) is 290 Å². The molecule has 0 atom stereocenters. The number of hydrogen-bond donors (Lipinski definition) is 0. The summed E-state index contributed by atoms with van der Waals surface area (Å²) in [6.45, 7) is 9.50. The summed E-state index contributed by atoms with van der Waals surface area (Å²) in [7, 11) is 0.